The third-order valence-corrected chi connectivity index (χ3v) is 4.55. The average molecular weight is 406 g/mol. The Labute approximate surface area is 167 Å². The van der Waals surface area contributed by atoms with Crippen molar-refractivity contribution in [3.8, 4) is 17.2 Å². The minimum absolute atomic E-state index is 0.264. The molecule has 0 saturated carbocycles. The van der Waals surface area contributed by atoms with Gasteiger partial charge >= 0.3 is 5.97 Å². The number of benzene rings is 2. The van der Waals surface area contributed by atoms with E-state index in [1.54, 1.807) is 30.3 Å². The number of carbonyl (C=O) groups excluding carboxylic acids is 1. The molecule has 8 heteroatoms. The van der Waals surface area contributed by atoms with Gasteiger partial charge in [0.1, 0.15) is 0 Å². The molecule has 0 amide bonds. The molecule has 0 radical (unpaired) electrons. The number of hydrogen-bond acceptors (Lipinski definition) is 7. The van der Waals surface area contributed by atoms with E-state index in [0.29, 0.717) is 33.4 Å². The summed E-state index contributed by atoms with van der Waals surface area (Å²) in [5.41, 5.74) is 1.29. The van der Waals surface area contributed by atoms with Gasteiger partial charge in [0.25, 0.3) is 0 Å². The molecule has 0 N–H and O–H groups in total. The lowest BCUT2D eigenvalue weighted by atomic mass is 10.0. The number of carbonyl (C=O) groups is 1. The molecule has 7 nitrogen and oxygen atoms in total. The number of esters is 1. The topological polar surface area (TPSA) is 75.6 Å². The highest BCUT2D eigenvalue weighted by atomic mass is 35.5. The van der Waals surface area contributed by atoms with Gasteiger partial charge in [0.15, 0.2) is 23.6 Å². The molecular weight excluding hydrogens is 386 g/mol. The van der Waals surface area contributed by atoms with Crippen molar-refractivity contribution in [2.24, 2.45) is 4.99 Å². The minimum atomic E-state index is -0.863. The molecule has 1 heterocycles. The maximum absolute atomic E-state index is 12.3. The Hall–Kier alpha value is -2.93. The van der Waals surface area contributed by atoms with Crippen molar-refractivity contribution in [2.75, 3.05) is 28.4 Å². The van der Waals surface area contributed by atoms with Crippen molar-refractivity contribution in [1.82, 2.24) is 0 Å². The summed E-state index contributed by atoms with van der Waals surface area (Å²) in [6.45, 7) is 0. The molecule has 0 aliphatic carbocycles. The van der Waals surface area contributed by atoms with Crippen LogP contribution in [0.2, 0.25) is 5.02 Å². The Kier molecular flexibility index (Phi) is 5.94. The van der Waals surface area contributed by atoms with E-state index >= 15 is 0 Å². The lowest BCUT2D eigenvalue weighted by Gasteiger charge is -2.17. The first kappa shape index (κ1) is 19.8. The lowest BCUT2D eigenvalue weighted by Crippen LogP contribution is -2.25. The van der Waals surface area contributed by atoms with Crippen LogP contribution in [0.15, 0.2) is 41.4 Å². The minimum Gasteiger partial charge on any atom is -0.493 e. The van der Waals surface area contributed by atoms with Gasteiger partial charge in [-0.25, -0.2) is 9.79 Å². The first-order valence-electron chi connectivity index (χ1n) is 8.40. The van der Waals surface area contributed by atoms with Gasteiger partial charge in [-0.05, 0) is 29.8 Å². The van der Waals surface area contributed by atoms with Crippen LogP contribution in [0.4, 0.5) is 0 Å². The molecule has 0 fully saturated rings. The van der Waals surface area contributed by atoms with Gasteiger partial charge in [0.05, 0.1) is 28.4 Å². The van der Waals surface area contributed by atoms with Gasteiger partial charge < -0.3 is 23.7 Å². The Bertz CT molecular complexity index is 888. The van der Waals surface area contributed by atoms with Crippen LogP contribution in [0.1, 0.15) is 17.2 Å². The summed E-state index contributed by atoms with van der Waals surface area (Å²) in [6.07, 6.45) is -0.666. The molecule has 148 valence electrons. The van der Waals surface area contributed by atoms with E-state index in [1.807, 2.05) is 6.07 Å². The van der Waals surface area contributed by atoms with Crippen molar-refractivity contribution < 1.29 is 28.5 Å². The number of methoxy groups -OCH3 is 4. The monoisotopic (exact) mass is 405 g/mol. The predicted octanol–water partition coefficient (Wildman–Crippen LogP) is 3.43. The summed E-state index contributed by atoms with van der Waals surface area (Å²) < 4.78 is 27.0. The van der Waals surface area contributed by atoms with Crippen molar-refractivity contribution in [2.45, 2.75) is 12.1 Å². The highest BCUT2D eigenvalue weighted by molar-refractivity contribution is 6.30. The molecule has 0 spiro atoms. The summed E-state index contributed by atoms with van der Waals surface area (Å²) in [7, 11) is 5.87. The predicted molar refractivity (Wildman–Crippen MR) is 104 cm³/mol. The lowest BCUT2D eigenvalue weighted by molar-refractivity contribution is -0.143. The van der Waals surface area contributed by atoms with Crippen LogP contribution in [0.5, 0.6) is 17.2 Å². The molecule has 2 atom stereocenters. The van der Waals surface area contributed by atoms with Gasteiger partial charge in [-0.2, -0.15) is 0 Å². The Morgan fingerprint density at radius 3 is 2.25 bits per heavy atom. The fourth-order valence-electron chi connectivity index (χ4n) is 2.99. The van der Waals surface area contributed by atoms with Crippen LogP contribution in [-0.2, 0) is 14.3 Å². The summed E-state index contributed by atoms with van der Waals surface area (Å²) in [5, 5.41) is 0.533. The highest BCUT2D eigenvalue weighted by Gasteiger charge is 2.39. The largest absolute Gasteiger partial charge is 0.493 e. The Morgan fingerprint density at radius 2 is 1.71 bits per heavy atom. The van der Waals surface area contributed by atoms with E-state index in [-0.39, 0.29) is 5.90 Å². The molecule has 3 rings (SSSR count). The first-order valence-corrected chi connectivity index (χ1v) is 8.78. The van der Waals surface area contributed by atoms with Crippen molar-refractivity contribution in [1.29, 1.82) is 0 Å². The molecule has 2 aromatic rings. The third-order valence-electron chi connectivity index (χ3n) is 4.31. The molecular formula is C20H20ClNO6. The maximum Gasteiger partial charge on any atom is 0.335 e. The van der Waals surface area contributed by atoms with Crippen molar-refractivity contribution in [3.05, 3.63) is 52.5 Å². The fraction of sp³-hybridized carbons (Fsp3) is 0.300. The number of halogens is 1. The molecule has 1 aliphatic rings. The standard InChI is InChI=1S/C20H20ClNO6/c1-24-14-9-12(10-15(25-2)18(14)26-3)19-22-16(20(23)27-4)17(28-19)11-6-5-7-13(21)8-11/h5-10,16-17H,1-4H3/t16-,17-/m0/s1. The SMILES string of the molecule is COC(=O)[C@H]1N=C(c2cc(OC)c(OC)c(OC)c2)O[C@H]1c1cccc(Cl)c1. The zero-order valence-electron chi connectivity index (χ0n) is 15.9. The maximum atomic E-state index is 12.3. The van der Waals surface area contributed by atoms with Crippen molar-refractivity contribution >= 4 is 23.5 Å². The van der Waals surface area contributed by atoms with Crippen LogP contribution in [0.3, 0.4) is 0 Å². The van der Waals surface area contributed by atoms with Crippen molar-refractivity contribution in [3.63, 3.8) is 0 Å². The summed E-state index contributed by atoms with van der Waals surface area (Å²) >= 11 is 6.09. The summed E-state index contributed by atoms with van der Waals surface area (Å²) in [6, 6.07) is 9.62. The number of nitrogens with zero attached hydrogens (tertiary/aromatic N) is 1. The van der Waals surface area contributed by atoms with Gasteiger partial charge in [-0.1, -0.05) is 23.7 Å². The van der Waals surface area contributed by atoms with E-state index in [2.05, 4.69) is 4.99 Å². The zero-order valence-corrected chi connectivity index (χ0v) is 16.6. The number of ether oxygens (including phenoxy) is 5. The second kappa shape index (κ2) is 8.39. The van der Waals surface area contributed by atoms with E-state index in [9.17, 15) is 4.79 Å². The number of aliphatic imine (C=N–C) groups is 1. The van der Waals surface area contributed by atoms with Gasteiger partial charge in [-0.15, -0.1) is 0 Å². The molecule has 0 aromatic heterocycles. The normalized spacial score (nSPS) is 18.1. The van der Waals surface area contributed by atoms with Crippen LogP contribution >= 0.6 is 11.6 Å². The Morgan fingerprint density at radius 1 is 1.04 bits per heavy atom. The zero-order chi connectivity index (χ0) is 20.3. The quantitative estimate of drug-likeness (QED) is 0.685. The number of rotatable bonds is 6. The van der Waals surface area contributed by atoms with E-state index in [1.165, 1.54) is 28.4 Å². The second-order valence-corrected chi connectivity index (χ2v) is 6.35. The van der Waals surface area contributed by atoms with E-state index < -0.39 is 18.1 Å². The van der Waals surface area contributed by atoms with Crippen LogP contribution in [0.25, 0.3) is 0 Å². The van der Waals surface area contributed by atoms with E-state index in [0.717, 1.165) is 0 Å². The average Bonchev–Trinajstić information content (AvgIpc) is 3.17. The second-order valence-electron chi connectivity index (χ2n) is 5.91. The summed E-state index contributed by atoms with van der Waals surface area (Å²) in [4.78, 5) is 16.7. The van der Waals surface area contributed by atoms with Crippen LogP contribution in [0, 0.1) is 0 Å². The smallest absolute Gasteiger partial charge is 0.335 e. The van der Waals surface area contributed by atoms with E-state index in [4.69, 9.17) is 35.3 Å². The Balaban J connectivity index is 2.04. The number of hydrogen-bond donors (Lipinski definition) is 0. The van der Waals surface area contributed by atoms with Gasteiger partial charge in [0.2, 0.25) is 11.6 Å². The summed E-state index contributed by atoms with van der Waals surface area (Å²) in [5.74, 6) is 1.10. The third kappa shape index (κ3) is 3.71. The molecule has 28 heavy (non-hydrogen) atoms. The molecule has 0 saturated heterocycles. The first-order chi connectivity index (χ1) is 13.5. The highest BCUT2D eigenvalue weighted by Crippen LogP contribution is 2.40. The fourth-order valence-corrected chi connectivity index (χ4v) is 3.19. The van der Waals surface area contributed by atoms with Gasteiger partial charge in [-0.3, -0.25) is 0 Å². The van der Waals surface area contributed by atoms with Crippen LogP contribution < -0.4 is 14.2 Å². The molecule has 0 unspecified atom stereocenters. The van der Waals surface area contributed by atoms with Gasteiger partial charge in [0, 0.05) is 10.6 Å². The molecule has 2 aromatic carbocycles. The molecule has 0 bridgehead atoms. The van der Waals surface area contributed by atoms with Crippen LogP contribution in [-0.4, -0.2) is 46.3 Å². The molecule has 1 aliphatic heterocycles.